The zero-order valence-corrected chi connectivity index (χ0v) is 13.0. The third-order valence-corrected chi connectivity index (χ3v) is 4.00. The topological polar surface area (TPSA) is 75.7 Å². The molecule has 2 aromatic heterocycles. The Balaban J connectivity index is 1.79. The molecule has 0 radical (unpaired) electrons. The molecule has 1 aliphatic rings. The van der Waals surface area contributed by atoms with Crippen LogP contribution in [0.3, 0.4) is 0 Å². The van der Waals surface area contributed by atoms with Crippen LogP contribution in [0.25, 0.3) is 17.1 Å². The van der Waals surface area contributed by atoms with Gasteiger partial charge in [0.1, 0.15) is 17.1 Å². The second-order valence-electron chi connectivity index (χ2n) is 5.28. The standard InChI is InChI=1S/C18H10ClN3O2/c19-11-6-4-10(5-7-11)12-9-14(23)15-16(17(12)24)22-18(21-15)13-3-1-2-8-20-13/h1-9H,(H,21,22). The Bertz CT molecular complexity index is 989. The summed E-state index contributed by atoms with van der Waals surface area (Å²) in [4.78, 5) is 36.5. The van der Waals surface area contributed by atoms with Crippen LogP contribution in [0.2, 0.25) is 5.02 Å². The minimum Gasteiger partial charge on any atom is -0.333 e. The van der Waals surface area contributed by atoms with Gasteiger partial charge in [-0.15, -0.1) is 0 Å². The van der Waals surface area contributed by atoms with Gasteiger partial charge in [-0.1, -0.05) is 29.8 Å². The van der Waals surface area contributed by atoms with Gasteiger partial charge in [0.2, 0.25) is 11.6 Å². The molecular formula is C18H10ClN3O2. The molecule has 6 heteroatoms. The Kier molecular flexibility index (Phi) is 3.36. The van der Waals surface area contributed by atoms with Crippen LogP contribution in [0.1, 0.15) is 26.5 Å². The number of rotatable bonds is 2. The number of aromatic amines is 1. The molecule has 0 atom stereocenters. The van der Waals surface area contributed by atoms with Crippen LogP contribution < -0.4 is 0 Å². The Morgan fingerprint density at radius 1 is 1.00 bits per heavy atom. The number of Topliss-reactive ketones (excluding diaryl/α,β-unsaturated/α-hetero) is 1. The van der Waals surface area contributed by atoms with E-state index in [0.29, 0.717) is 27.7 Å². The minimum absolute atomic E-state index is 0.123. The van der Waals surface area contributed by atoms with Crippen LogP contribution in [-0.4, -0.2) is 26.5 Å². The first-order chi connectivity index (χ1) is 11.6. The number of nitrogens with one attached hydrogen (secondary N) is 1. The highest BCUT2D eigenvalue weighted by Crippen LogP contribution is 2.29. The number of carbonyl (C=O) groups is 2. The Labute approximate surface area is 142 Å². The number of hydrogen-bond donors (Lipinski definition) is 1. The summed E-state index contributed by atoms with van der Waals surface area (Å²) in [6.45, 7) is 0. The number of hydrogen-bond acceptors (Lipinski definition) is 4. The normalized spacial score (nSPS) is 13.6. The van der Waals surface area contributed by atoms with Gasteiger partial charge in [-0.05, 0) is 35.9 Å². The highest BCUT2D eigenvalue weighted by molar-refractivity contribution is 6.38. The predicted molar refractivity (Wildman–Crippen MR) is 89.9 cm³/mol. The minimum atomic E-state index is -0.312. The summed E-state index contributed by atoms with van der Waals surface area (Å²) in [7, 11) is 0. The molecule has 0 spiro atoms. The Morgan fingerprint density at radius 3 is 2.50 bits per heavy atom. The maximum absolute atomic E-state index is 12.7. The smallest absolute Gasteiger partial charge is 0.212 e. The maximum Gasteiger partial charge on any atom is 0.212 e. The SMILES string of the molecule is O=C1C=C(c2ccc(Cl)cc2)C(=O)c2[nH]c(-c3ccccn3)nc21. The molecule has 0 unspecified atom stereocenters. The van der Waals surface area contributed by atoms with Crippen molar-refractivity contribution in [3.63, 3.8) is 0 Å². The van der Waals surface area contributed by atoms with E-state index in [1.165, 1.54) is 6.08 Å². The van der Waals surface area contributed by atoms with Gasteiger partial charge in [-0.25, -0.2) is 4.98 Å². The van der Waals surface area contributed by atoms with E-state index in [-0.39, 0.29) is 23.0 Å². The van der Waals surface area contributed by atoms with Crippen LogP contribution in [-0.2, 0) is 0 Å². The van der Waals surface area contributed by atoms with E-state index in [1.54, 1.807) is 42.6 Å². The number of H-pyrrole nitrogens is 1. The molecule has 3 aromatic rings. The fraction of sp³-hybridized carbons (Fsp3) is 0. The molecule has 0 amide bonds. The number of carbonyl (C=O) groups excluding carboxylic acids is 2. The van der Waals surface area contributed by atoms with Crippen LogP contribution in [0, 0.1) is 0 Å². The number of pyridine rings is 1. The number of allylic oxidation sites excluding steroid dienone is 2. The van der Waals surface area contributed by atoms with Gasteiger partial charge in [0, 0.05) is 16.8 Å². The van der Waals surface area contributed by atoms with Gasteiger partial charge in [-0.2, -0.15) is 0 Å². The molecule has 0 fully saturated rings. The summed E-state index contributed by atoms with van der Waals surface area (Å²) in [5, 5.41) is 0.564. The molecule has 1 aromatic carbocycles. The number of fused-ring (bicyclic) bond motifs is 1. The van der Waals surface area contributed by atoms with Crippen molar-refractivity contribution >= 4 is 28.7 Å². The third-order valence-electron chi connectivity index (χ3n) is 3.75. The zero-order chi connectivity index (χ0) is 16.7. The molecule has 2 heterocycles. The van der Waals surface area contributed by atoms with Gasteiger partial charge < -0.3 is 4.98 Å². The number of imidazole rings is 1. The quantitative estimate of drug-likeness (QED) is 0.776. The molecule has 24 heavy (non-hydrogen) atoms. The third kappa shape index (κ3) is 2.35. The van der Waals surface area contributed by atoms with E-state index in [9.17, 15) is 9.59 Å². The summed E-state index contributed by atoms with van der Waals surface area (Å²) in [6, 6.07) is 12.1. The lowest BCUT2D eigenvalue weighted by Crippen LogP contribution is -2.16. The average molecular weight is 336 g/mol. The molecular weight excluding hydrogens is 326 g/mol. The van der Waals surface area contributed by atoms with Crippen LogP contribution in [0.5, 0.6) is 0 Å². The zero-order valence-electron chi connectivity index (χ0n) is 12.3. The summed E-state index contributed by atoms with van der Waals surface area (Å²) < 4.78 is 0. The van der Waals surface area contributed by atoms with Crippen molar-refractivity contribution in [1.29, 1.82) is 0 Å². The van der Waals surface area contributed by atoms with E-state index in [2.05, 4.69) is 15.0 Å². The van der Waals surface area contributed by atoms with Gasteiger partial charge >= 0.3 is 0 Å². The lowest BCUT2D eigenvalue weighted by atomic mass is 9.92. The second kappa shape index (κ2) is 5.54. The highest BCUT2D eigenvalue weighted by Gasteiger charge is 2.30. The average Bonchev–Trinajstić information content (AvgIpc) is 3.06. The van der Waals surface area contributed by atoms with Gasteiger partial charge in [0.15, 0.2) is 5.82 Å². The summed E-state index contributed by atoms with van der Waals surface area (Å²) >= 11 is 5.87. The van der Waals surface area contributed by atoms with Crippen LogP contribution in [0.15, 0.2) is 54.7 Å². The van der Waals surface area contributed by atoms with Crippen LogP contribution in [0.4, 0.5) is 0 Å². The molecule has 0 saturated carbocycles. The van der Waals surface area contributed by atoms with Gasteiger partial charge in [-0.3, -0.25) is 14.6 Å². The van der Waals surface area contributed by atoms with Crippen molar-refractivity contribution in [2.45, 2.75) is 0 Å². The summed E-state index contributed by atoms with van der Waals surface area (Å²) in [5.41, 5.74) is 1.84. The first-order valence-electron chi connectivity index (χ1n) is 7.21. The van der Waals surface area contributed by atoms with E-state index < -0.39 is 0 Å². The van der Waals surface area contributed by atoms with Crippen LogP contribution >= 0.6 is 11.6 Å². The first kappa shape index (κ1) is 14.5. The predicted octanol–water partition coefficient (Wildman–Crippen LogP) is 3.59. The first-order valence-corrected chi connectivity index (χ1v) is 7.59. The van der Waals surface area contributed by atoms with Gasteiger partial charge in [0.05, 0.1) is 0 Å². The summed E-state index contributed by atoms with van der Waals surface area (Å²) in [6.07, 6.45) is 2.94. The fourth-order valence-electron chi connectivity index (χ4n) is 2.58. The summed E-state index contributed by atoms with van der Waals surface area (Å²) in [5.74, 6) is -0.192. The van der Waals surface area contributed by atoms with Gasteiger partial charge in [0.25, 0.3) is 0 Å². The fourth-order valence-corrected chi connectivity index (χ4v) is 2.71. The van der Waals surface area contributed by atoms with Crippen molar-refractivity contribution in [1.82, 2.24) is 15.0 Å². The molecule has 0 aliphatic heterocycles. The molecule has 1 aliphatic carbocycles. The molecule has 5 nitrogen and oxygen atoms in total. The number of nitrogens with zero attached hydrogens (tertiary/aromatic N) is 2. The molecule has 0 saturated heterocycles. The highest BCUT2D eigenvalue weighted by atomic mass is 35.5. The van der Waals surface area contributed by atoms with E-state index in [1.807, 2.05) is 6.07 Å². The number of halogens is 1. The molecule has 0 bridgehead atoms. The molecule has 116 valence electrons. The lowest BCUT2D eigenvalue weighted by Gasteiger charge is -2.10. The van der Waals surface area contributed by atoms with E-state index in [4.69, 9.17) is 11.6 Å². The molecule has 1 N–H and O–H groups in total. The lowest BCUT2D eigenvalue weighted by molar-refractivity contribution is 0.0996. The molecule has 4 rings (SSSR count). The second-order valence-corrected chi connectivity index (χ2v) is 5.72. The number of aromatic nitrogens is 3. The van der Waals surface area contributed by atoms with Crippen molar-refractivity contribution in [3.8, 4) is 11.5 Å². The van der Waals surface area contributed by atoms with Crippen molar-refractivity contribution < 1.29 is 9.59 Å². The van der Waals surface area contributed by atoms with Crippen molar-refractivity contribution in [2.75, 3.05) is 0 Å². The Morgan fingerprint density at radius 2 is 1.79 bits per heavy atom. The van der Waals surface area contributed by atoms with E-state index in [0.717, 1.165) is 0 Å². The number of ketones is 2. The monoisotopic (exact) mass is 335 g/mol. The maximum atomic E-state index is 12.7. The van der Waals surface area contributed by atoms with Crippen molar-refractivity contribution in [3.05, 3.63) is 76.7 Å². The number of benzene rings is 1. The van der Waals surface area contributed by atoms with E-state index >= 15 is 0 Å². The Hall–Kier alpha value is -3.05. The largest absolute Gasteiger partial charge is 0.333 e. The van der Waals surface area contributed by atoms with Crippen molar-refractivity contribution in [2.24, 2.45) is 0 Å².